The van der Waals surface area contributed by atoms with Crippen molar-refractivity contribution in [2.45, 2.75) is 32.6 Å². The summed E-state index contributed by atoms with van der Waals surface area (Å²) >= 11 is 0. The summed E-state index contributed by atoms with van der Waals surface area (Å²) in [5.41, 5.74) is 0.797. The maximum Gasteiger partial charge on any atom is 0.251 e. The van der Waals surface area contributed by atoms with E-state index in [0.717, 1.165) is 31.5 Å². The highest BCUT2D eigenvalue weighted by Gasteiger charge is 2.28. The summed E-state index contributed by atoms with van der Waals surface area (Å²) in [5.74, 6) is 2.30. The van der Waals surface area contributed by atoms with E-state index in [0.29, 0.717) is 17.5 Å². The van der Waals surface area contributed by atoms with E-state index in [2.05, 4.69) is 10.2 Å². The number of nitrogens with zero attached hydrogens (tertiary/aromatic N) is 3. The molecule has 128 valence electrons. The fourth-order valence-corrected chi connectivity index (χ4v) is 3.04. The number of rotatable bonds is 4. The Labute approximate surface area is 141 Å². The van der Waals surface area contributed by atoms with Gasteiger partial charge in [-0.05, 0) is 25.0 Å². The molecule has 1 aromatic heterocycles. The van der Waals surface area contributed by atoms with E-state index < -0.39 is 0 Å². The molecule has 1 saturated heterocycles. The molecular formula is C18H23N3O3. The molecule has 0 radical (unpaired) electrons. The fourth-order valence-electron chi connectivity index (χ4n) is 3.04. The number of hydrogen-bond acceptors (Lipinski definition) is 5. The molecule has 0 saturated carbocycles. The number of aromatic nitrogens is 2. The normalized spacial score (nSPS) is 15.8. The fraction of sp³-hybridized carbons (Fsp3) is 0.500. The first kappa shape index (κ1) is 16.5. The van der Waals surface area contributed by atoms with Crippen molar-refractivity contribution in [1.29, 1.82) is 0 Å². The third-order valence-corrected chi connectivity index (χ3v) is 4.43. The molecule has 24 heavy (non-hydrogen) atoms. The Balaban J connectivity index is 1.70. The average molecular weight is 329 g/mol. The van der Waals surface area contributed by atoms with Crippen molar-refractivity contribution < 1.29 is 13.9 Å². The van der Waals surface area contributed by atoms with Gasteiger partial charge in [-0.3, -0.25) is 4.79 Å². The molecule has 0 spiro atoms. The van der Waals surface area contributed by atoms with E-state index >= 15 is 0 Å². The Hall–Kier alpha value is -2.37. The first-order valence-corrected chi connectivity index (χ1v) is 8.35. The van der Waals surface area contributed by atoms with Crippen molar-refractivity contribution in [2.75, 3.05) is 20.2 Å². The lowest BCUT2D eigenvalue weighted by atomic mass is 9.96. The summed E-state index contributed by atoms with van der Waals surface area (Å²) in [7, 11) is 1.62. The van der Waals surface area contributed by atoms with Gasteiger partial charge in [0.1, 0.15) is 5.75 Å². The Morgan fingerprint density at radius 2 is 1.96 bits per heavy atom. The second-order valence-corrected chi connectivity index (χ2v) is 6.40. The summed E-state index contributed by atoms with van der Waals surface area (Å²) in [6.45, 7) is 5.36. The zero-order chi connectivity index (χ0) is 17.1. The summed E-state index contributed by atoms with van der Waals surface area (Å²) in [4.78, 5) is 14.0. The highest BCUT2D eigenvalue weighted by Crippen LogP contribution is 2.32. The zero-order valence-corrected chi connectivity index (χ0v) is 14.4. The predicted octanol–water partition coefficient (Wildman–Crippen LogP) is 3.11. The molecule has 6 nitrogen and oxygen atoms in total. The summed E-state index contributed by atoms with van der Waals surface area (Å²) < 4.78 is 11.2. The minimum atomic E-state index is 0.0436. The van der Waals surface area contributed by atoms with Crippen molar-refractivity contribution >= 4 is 5.91 Å². The molecule has 0 atom stereocenters. The van der Waals surface area contributed by atoms with Crippen LogP contribution in [0.25, 0.3) is 11.5 Å². The number of methoxy groups -OCH3 is 1. The molecule has 0 aliphatic carbocycles. The standard InChI is InChI=1S/C18H23N3O3/c1-12(2)18(22)21-10-8-13(9-11-21)16-19-20-17(24-16)14-6-4-5-7-15(14)23-3/h4-7,12-13H,8-11H2,1-3H3. The van der Waals surface area contributed by atoms with Gasteiger partial charge in [0.15, 0.2) is 0 Å². The molecule has 1 aromatic carbocycles. The maximum atomic E-state index is 12.1. The van der Waals surface area contributed by atoms with Gasteiger partial charge in [0.25, 0.3) is 5.89 Å². The highest BCUT2D eigenvalue weighted by atomic mass is 16.5. The number of ether oxygens (including phenoxy) is 1. The maximum absolute atomic E-state index is 12.1. The Morgan fingerprint density at radius 3 is 2.62 bits per heavy atom. The van der Waals surface area contributed by atoms with Gasteiger partial charge >= 0.3 is 0 Å². The quantitative estimate of drug-likeness (QED) is 0.862. The zero-order valence-electron chi connectivity index (χ0n) is 14.4. The van der Waals surface area contributed by atoms with Crippen molar-refractivity contribution in [1.82, 2.24) is 15.1 Å². The number of carbonyl (C=O) groups excluding carboxylic acids is 1. The third kappa shape index (κ3) is 3.27. The number of likely N-dealkylation sites (tertiary alicyclic amines) is 1. The van der Waals surface area contributed by atoms with Crippen LogP contribution in [-0.2, 0) is 4.79 Å². The molecule has 2 heterocycles. The average Bonchev–Trinajstić information content (AvgIpc) is 3.11. The Morgan fingerprint density at radius 1 is 1.25 bits per heavy atom. The predicted molar refractivity (Wildman–Crippen MR) is 89.7 cm³/mol. The molecule has 6 heteroatoms. The van der Waals surface area contributed by atoms with Crippen LogP contribution in [0.4, 0.5) is 0 Å². The van der Waals surface area contributed by atoms with Gasteiger partial charge in [-0.1, -0.05) is 26.0 Å². The van der Waals surface area contributed by atoms with Gasteiger partial charge in [0.2, 0.25) is 11.8 Å². The van der Waals surface area contributed by atoms with Crippen LogP contribution in [0, 0.1) is 5.92 Å². The van der Waals surface area contributed by atoms with E-state index in [9.17, 15) is 4.79 Å². The second kappa shape index (κ2) is 7.03. The number of carbonyl (C=O) groups is 1. The van der Waals surface area contributed by atoms with Crippen LogP contribution in [0.15, 0.2) is 28.7 Å². The van der Waals surface area contributed by atoms with Crippen LogP contribution in [0.5, 0.6) is 5.75 Å². The molecule has 1 amide bonds. The molecule has 2 aromatic rings. The van der Waals surface area contributed by atoms with E-state index in [4.69, 9.17) is 9.15 Å². The van der Waals surface area contributed by atoms with E-state index in [1.807, 2.05) is 43.0 Å². The molecule has 0 bridgehead atoms. The van der Waals surface area contributed by atoms with Crippen molar-refractivity contribution in [3.05, 3.63) is 30.2 Å². The third-order valence-electron chi connectivity index (χ3n) is 4.43. The van der Waals surface area contributed by atoms with Gasteiger partial charge < -0.3 is 14.1 Å². The van der Waals surface area contributed by atoms with Gasteiger partial charge in [-0.15, -0.1) is 10.2 Å². The number of amides is 1. The lowest BCUT2D eigenvalue weighted by Gasteiger charge is -2.31. The Kier molecular flexibility index (Phi) is 4.83. The minimum Gasteiger partial charge on any atom is -0.496 e. The van der Waals surface area contributed by atoms with Gasteiger partial charge in [0.05, 0.1) is 12.7 Å². The van der Waals surface area contributed by atoms with Crippen molar-refractivity contribution in [3.8, 4) is 17.2 Å². The summed E-state index contributed by atoms with van der Waals surface area (Å²) in [6, 6.07) is 7.59. The molecule has 0 N–H and O–H groups in total. The second-order valence-electron chi connectivity index (χ2n) is 6.40. The van der Waals surface area contributed by atoms with Crippen molar-refractivity contribution in [3.63, 3.8) is 0 Å². The molecule has 3 rings (SSSR count). The highest BCUT2D eigenvalue weighted by molar-refractivity contribution is 5.78. The number of benzene rings is 1. The van der Waals surface area contributed by atoms with Crippen LogP contribution in [0.2, 0.25) is 0 Å². The number of piperidine rings is 1. The van der Waals surface area contributed by atoms with Gasteiger partial charge in [-0.2, -0.15) is 0 Å². The lowest BCUT2D eigenvalue weighted by Crippen LogP contribution is -2.40. The lowest BCUT2D eigenvalue weighted by molar-refractivity contribution is -0.135. The topological polar surface area (TPSA) is 68.5 Å². The largest absolute Gasteiger partial charge is 0.496 e. The van der Waals surface area contributed by atoms with Crippen LogP contribution in [0.1, 0.15) is 38.5 Å². The van der Waals surface area contributed by atoms with Gasteiger partial charge in [0, 0.05) is 24.9 Å². The van der Waals surface area contributed by atoms with Crippen molar-refractivity contribution in [2.24, 2.45) is 5.92 Å². The first-order valence-electron chi connectivity index (χ1n) is 8.35. The van der Waals surface area contributed by atoms with Gasteiger partial charge in [-0.25, -0.2) is 0 Å². The molecule has 1 fully saturated rings. The Bertz CT molecular complexity index is 703. The summed E-state index contributed by atoms with van der Waals surface area (Å²) in [6.07, 6.45) is 1.71. The smallest absolute Gasteiger partial charge is 0.251 e. The SMILES string of the molecule is COc1ccccc1-c1nnc(C2CCN(C(=O)C(C)C)CC2)o1. The van der Waals surface area contributed by atoms with E-state index in [-0.39, 0.29) is 17.7 Å². The molecule has 1 aliphatic rings. The van der Waals surface area contributed by atoms with E-state index in [1.165, 1.54) is 0 Å². The number of hydrogen-bond donors (Lipinski definition) is 0. The molecule has 1 aliphatic heterocycles. The molecular weight excluding hydrogens is 306 g/mol. The monoisotopic (exact) mass is 329 g/mol. The first-order chi connectivity index (χ1) is 11.6. The van der Waals surface area contributed by atoms with Crippen LogP contribution in [0.3, 0.4) is 0 Å². The number of para-hydroxylation sites is 1. The van der Waals surface area contributed by atoms with E-state index in [1.54, 1.807) is 7.11 Å². The molecule has 0 unspecified atom stereocenters. The summed E-state index contributed by atoms with van der Waals surface area (Å²) in [5, 5.41) is 8.40. The van der Waals surface area contributed by atoms with Crippen LogP contribution in [-0.4, -0.2) is 41.2 Å². The minimum absolute atomic E-state index is 0.0436. The van der Waals surface area contributed by atoms with Crippen LogP contribution >= 0.6 is 0 Å². The van der Waals surface area contributed by atoms with Crippen LogP contribution < -0.4 is 4.74 Å².